The van der Waals surface area contributed by atoms with E-state index in [-0.39, 0.29) is 31.4 Å². The lowest BCUT2D eigenvalue weighted by molar-refractivity contribution is -0.172. The molecule has 10 nitrogen and oxygen atoms in total. The summed E-state index contributed by atoms with van der Waals surface area (Å²) in [6.45, 7) is 2.00. The highest BCUT2D eigenvalue weighted by Crippen LogP contribution is 2.14. The van der Waals surface area contributed by atoms with Gasteiger partial charge in [-0.25, -0.2) is 9.59 Å². The summed E-state index contributed by atoms with van der Waals surface area (Å²) in [5, 5.41) is 8.71. The van der Waals surface area contributed by atoms with E-state index in [0.717, 1.165) is 13.2 Å². The minimum atomic E-state index is -0.959. The first-order valence-corrected chi connectivity index (χ1v) is 8.42. The van der Waals surface area contributed by atoms with Gasteiger partial charge >= 0.3 is 11.9 Å². The average molecular weight is 409 g/mol. The van der Waals surface area contributed by atoms with E-state index in [4.69, 9.17) is 9.84 Å². The number of furan rings is 2. The summed E-state index contributed by atoms with van der Waals surface area (Å²) in [4.78, 5) is 48.1. The molecule has 0 bridgehead atoms. The van der Waals surface area contributed by atoms with Crippen LogP contribution in [0.15, 0.2) is 46.0 Å². The molecule has 0 aliphatic carbocycles. The third kappa shape index (κ3) is 7.62. The Morgan fingerprint density at radius 3 is 1.79 bits per heavy atom. The van der Waals surface area contributed by atoms with E-state index >= 15 is 0 Å². The number of carbonyl (C=O) groups excluding carboxylic acids is 3. The highest BCUT2D eigenvalue weighted by molar-refractivity contribution is 6.02. The highest BCUT2D eigenvalue weighted by atomic mass is 16.7. The van der Waals surface area contributed by atoms with Crippen molar-refractivity contribution in [2.45, 2.75) is 33.1 Å². The molecule has 2 aliphatic heterocycles. The van der Waals surface area contributed by atoms with Crippen molar-refractivity contribution >= 4 is 23.8 Å². The third-order valence-corrected chi connectivity index (χ3v) is 3.53. The Morgan fingerprint density at radius 1 is 0.931 bits per heavy atom. The first-order valence-electron chi connectivity index (χ1n) is 8.42. The molecule has 2 amide bonds. The van der Waals surface area contributed by atoms with E-state index in [1.54, 1.807) is 0 Å². The minimum absolute atomic E-state index is 0. The molecule has 158 valence electrons. The number of aromatic carboxylic acids is 1. The highest BCUT2D eigenvalue weighted by Gasteiger charge is 2.33. The lowest BCUT2D eigenvalue weighted by atomic mass is 10.4. The smallest absolute Gasteiger partial charge is 0.367 e. The number of rotatable bonds is 3. The van der Waals surface area contributed by atoms with Crippen molar-refractivity contribution in [1.29, 1.82) is 0 Å². The van der Waals surface area contributed by atoms with Crippen LogP contribution in [0.2, 0.25) is 0 Å². The Balaban J connectivity index is 0.000000251. The predicted octanol–water partition coefficient (Wildman–Crippen LogP) is 2.91. The number of amides is 2. The molecular weight excluding hydrogens is 386 g/mol. The first kappa shape index (κ1) is 23.6. The lowest BCUT2D eigenvalue weighted by Gasteiger charge is -2.11. The van der Waals surface area contributed by atoms with Crippen molar-refractivity contribution in [2.24, 2.45) is 0 Å². The molecule has 2 aromatic rings. The standard InChI is InChI=1S/C9H7NO5.C5H4O3.C4H8O.CH4/c11-7-1-2-8(12)10(7)15-9(13)6-3-4-14-5-6;6-5(7)4-1-2-8-3-4;1-2-4-5-3-1;/h3-5H,1-2H2;1-3H,(H,6,7);1-4H2;1H4. The average Bonchev–Trinajstić information content (AvgIpc) is 3.49. The van der Waals surface area contributed by atoms with Gasteiger partial charge in [0.2, 0.25) is 0 Å². The number of hydrogen-bond acceptors (Lipinski definition) is 8. The van der Waals surface area contributed by atoms with Crippen LogP contribution in [0, 0.1) is 0 Å². The van der Waals surface area contributed by atoms with E-state index in [1.165, 1.54) is 50.0 Å². The van der Waals surface area contributed by atoms with Crippen LogP contribution >= 0.6 is 0 Å². The second-order valence-electron chi connectivity index (χ2n) is 5.61. The maximum atomic E-state index is 11.3. The van der Waals surface area contributed by atoms with E-state index in [1.807, 2.05) is 0 Å². The molecule has 0 atom stereocenters. The molecule has 2 saturated heterocycles. The molecule has 0 aromatic carbocycles. The molecule has 4 rings (SSSR count). The fraction of sp³-hybridized carbons (Fsp3) is 0.368. The fourth-order valence-corrected chi connectivity index (χ4v) is 2.07. The van der Waals surface area contributed by atoms with Gasteiger partial charge < -0.3 is 23.5 Å². The van der Waals surface area contributed by atoms with Crippen LogP contribution in [-0.2, 0) is 19.2 Å². The number of hydroxylamine groups is 2. The molecule has 0 spiro atoms. The Kier molecular flexibility index (Phi) is 9.89. The van der Waals surface area contributed by atoms with Gasteiger partial charge in [-0.15, -0.1) is 5.06 Å². The zero-order valence-electron chi connectivity index (χ0n) is 14.9. The summed E-state index contributed by atoms with van der Waals surface area (Å²) in [6, 6.07) is 2.77. The van der Waals surface area contributed by atoms with Crippen LogP contribution in [0.1, 0.15) is 53.8 Å². The number of hydrogen-bond donors (Lipinski definition) is 1. The van der Waals surface area contributed by atoms with Gasteiger partial charge in [0.05, 0.1) is 18.1 Å². The Morgan fingerprint density at radius 2 is 1.45 bits per heavy atom. The van der Waals surface area contributed by atoms with E-state index in [9.17, 15) is 19.2 Å². The van der Waals surface area contributed by atoms with E-state index < -0.39 is 23.8 Å². The maximum Gasteiger partial charge on any atom is 0.367 e. The SMILES string of the molecule is C.C1CCOC1.O=C(O)c1ccoc1.O=C(ON1C(=O)CCC1=O)c1ccoc1. The molecular formula is C19H23NO9. The van der Waals surface area contributed by atoms with Crippen molar-refractivity contribution < 1.29 is 42.7 Å². The van der Waals surface area contributed by atoms with Crippen LogP contribution in [0.25, 0.3) is 0 Å². The summed E-state index contributed by atoms with van der Waals surface area (Å²) in [6.07, 6.45) is 7.69. The Bertz CT molecular complexity index is 753. The van der Waals surface area contributed by atoms with Crippen molar-refractivity contribution in [3.05, 3.63) is 48.3 Å². The van der Waals surface area contributed by atoms with Gasteiger partial charge in [-0.1, -0.05) is 7.43 Å². The van der Waals surface area contributed by atoms with Crippen molar-refractivity contribution in [3.63, 3.8) is 0 Å². The minimum Gasteiger partial charge on any atom is -0.478 e. The van der Waals surface area contributed by atoms with Gasteiger partial charge in [-0.3, -0.25) is 9.59 Å². The monoisotopic (exact) mass is 409 g/mol. The quantitative estimate of drug-likeness (QED) is 0.759. The van der Waals surface area contributed by atoms with Crippen LogP contribution in [0.5, 0.6) is 0 Å². The summed E-state index contributed by atoms with van der Waals surface area (Å²) < 4.78 is 14.1. The normalized spacial score (nSPS) is 14.8. The molecule has 1 N–H and O–H groups in total. The number of nitrogens with zero attached hydrogens (tertiary/aromatic N) is 1. The van der Waals surface area contributed by atoms with Crippen LogP contribution in [0.4, 0.5) is 0 Å². The van der Waals surface area contributed by atoms with Crippen molar-refractivity contribution in [1.82, 2.24) is 5.06 Å². The van der Waals surface area contributed by atoms with Crippen LogP contribution in [-0.4, -0.2) is 47.1 Å². The topological polar surface area (TPSA) is 136 Å². The lowest BCUT2D eigenvalue weighted by Crippen LogP contribution is -2.31. The predicted molar refractivity (Wildman–Crippen MR) is 97.7 cm³/mol. The molecule has 2 aromatic heterocycles. The molecule has 10 heteroatoms. The summed E-state index contributed by atoms with van der Waals surface area (Å²) >= 11 is 0. The third-order valence-electron chi connectivity index (χ3n) is 3.53. The maximum absolute atomic E-state index is 11.3. The van der Waals surface area contributed by atoms with Gasteiger partial charge in [0.1, 0.15) is 18.1 Å². The number of carboxylic acid groups (broad SMARTS) is 1. The second-order valence-corrected chi connectivity index (χ2v) is 5.61. The van der Waals surface area contributed by atoms with Gasteiger partial charge in [-0.2, -0.15) is 0 Å². The van der Waals surface area contributed by atoms with Gasteiger partial charge in [-0.05, 0) is 25.0 Å². The first-order chi connectivity index (χ1) is 13.5. The van der Waals surface area contributed by atoms with E-state index in [0.29, 0.717) is 5.06 Å². The number of ether oxygens (including phenoxy) is 1. The largest absolute Gasteiger partial charge is 0.478 e. The van der Waals surface area contributed by atoms with E-state index in [2.05, 4.69) is 13.7 Å². The molecule has 4 heterocycles. The molecule has 29 heavy (non-hydrogen) atoms. The van der Waals surface area contributed by atoms with Crippen LogP contribution < -0.4 is 0 Å². The summed E-state index contributed by atoms with van der Waals surface area (Å²) in [7, 11) is 0. The Labute approximate surface area is 166 Å². The summed E-state index contributed by atoms with van der Waals surface area (Å²) in [5.41, 5.74) is 0.340. The van der Waals surface area contributed by atoms with Crippen molar-refractivity contribution in [2.75, 3.05) is 13.2 Å². The number of carboxylic acids is 1. The molecule has 2 aliphatic rings. The van der Waals surface area contributed by atoms with Crippen molar-refractivity contribution in [3.8, 4) is 0 Å². The molecule has 0 saturated carbocycles. The zero-order chi connectivity index (χ0) is 20.4. The zero-order valence-corrected chi connectivity index (χ0v) is 14.9. The van der Waals surface area contributed by atoms with Crippen LogP contribution in [0.3, 0.4) is 0 Å². The second kappa shape index (κ2) is 12.1. The molecule has 0 unspecified atom stereocenters. The summed E-state index contributed by atoms with van der Waals surface area (Å²) in [5.74, 6) is -2.75. The van der Waals surface area contributed by atoms with Gasteiger partial charge in [0, 0.05) is 26.1 Å². The number of carbonyl (C=O) groups is 4. The molecule has 0 radical (unpaired) electrons. The number of imide groups is 1. The van der Waals surface area contributed by atoms with Gasteiger partial charge in [0.25, 0.3) is 11.8 Å². The molecule has 2 fully saturated rings. The Hall–Kier alpha value is -3.40. The fourth-order valence-electron chi connectivity index (χ4n) is 2.07. The van der Waals surface area contributed by atoms with Gasteiger partial charge in [0.15, 0.2) is 0 Å².